The van der Waals surface area contributed by atoms with Gasteiger partial charge in [0.25, 0.3) is 0 Å². The molecule has 0 aromatic heterocycles. The highest BCUT2D eigenvalue weighted by molar-refractivity contribution is 9.10. The van der Waals surface area contributed by atoms with E-state index < -0.39 is 0 Å². The fourth-order valence-corrected chi connectivity index (χ4v) is 1.64. The van der Waals surface area contributed by atoms with Crippen LogP contribution in [-0.4, -0.2) is 0 Å². The third kappa shape index (κ3) is 2.03. The average molecular weight is 267 g/mol. The van der Waals surface area contributed by atoms with Crippen LogP contribution in [0.15, 0.2) is 22.7 Å². The molecule has 1 aromatic carbocycles. The highest BCUT2D eigenvalue weighted by Crippen LogP contribution is 2.44. The van der Waals surface area contributed by atoms with Gasteiger partial charge in [-0.3, -0.25) is 0 Å². The molecule has 1 aliphatic carbocycles. The van der Waals surface area contributed by atoms with E-state index in [1.165, 1.54) is 6.07 Å². The molecule has 1 nitrogen and oxygen atoms in total. The van der Waals surface area contributed by atoms with E-state index >= 15 is 0 Å². The summed E-state index contributed by atoms with van der Waals surface area (Å²) < 4.78 is 14.1. The van der Waals surface area contributed by atoms with Crippen molar-refractivity contribution in [1.29, 1.82) is 0 Å². The first-order valence-corrected chi connectivity index (χ1v) is 4.65. The van der Waals surface area contributed by atoms with E-state index in [4.69, 9.17) is 5.73 Å². The van der Waals surface area contributed by atoms with E-state index in [2.05, 4.69) is 15.9 Å². The zero-order valence-electron chi connectivity index (χ0n) is 6.89. The smallest absolute Gasteiger partial charge is 0.128 e. The normalized spacial score (nSPS) is 17.8. The van der Waals surface area contributed by atoms with Gasteiger partial charge in [-0.25, -0.2) is 4.39 Å². The van der Waals surface area contributed by atoms with Gasteiger partial charge >= 0.3 is 0 Å². The lowest BCUT2D eigenvalue weighted by Gasteiger charge is -2.10. The fourth-order valence-electron chi connectivity index (χ4n) is 1.28. The topological polar surface area (TPSA) is 26.0 Å². The van der Waals surface area contributed by atoms with E-state index in [9.17, 15) is 4.39 Å². The lowest BCUT2D eigenvalue weighted by molar-refractivity contribution is 0.577. The molecule has 0 unspecified atom stereocenters. The number of hydrogen-bond donors (Lipinski definition) is 1. The van der Waals surface area contributed by atoms with E-state index in [1.807, 2.05) is 0 Å². The number of rotatable bonds is 1. The second-order valence-corrected chi connectivity index (χ2v) is 4.20. The van der Waals surface area contributed by atoms with Gasteiger partial charge in [0, 0.05) is 15.6 Å². The summed E-state index contributed by atoms with van der Waals surface area (Å²) in [5.74, 6) is -0.196. The predicted octanol–water partition coefficient (Wildman–Crippen LogP) is 2.96. The van der Waals surface area contributed by atoms with Crippen LogP contribution in [0.3, 0.4) is 0 Å². The fraction of sp³-hybridized carbons (Fsp3) is 0.333. The van der Waals surface area contributed by atoms with Gasteiger partial charge < -0.3 is 5.73 Å². The number of nitrogens with two attached hydrogens (primary N) is 1. The first kappa shape index (κ1) is 11.0. The molecule has 0 amide bonds. The monoisotopic (exact) mass is 265 g/mol. The molecular formula is C9H10BrClFN. The van der Waals surface area contributed by atoms with Gasteiger partial charge in [-0.15, -0.1) is 12.4 Å². The molecule has 1 fully saturated rings. The Morgan fingerprint density at radius 1 is 1.38 bits per heavy atom. The molecule has 0 spiro atoms. The Morgan fingerprint density at radius 3 is 2.54 bits per heavy atom. The SMILES string of the molecule is Cl.NC1(c2cc(Br)ccc2F)CC1. The number of halogens is 3. The summed E-state index contributed by atoms with van der Waals surface area (Å²) >= 11 is 3.29. The van der Waals surface area contributed by atoms with Crippen LogP contribution in [0, 0.1) is 5.82 Å². The van der Waals surface area contributed by atoms with Crippen molar-refractivity contribution in [2.75, 3.05) is 0 Å². The minimum atomic E-state index is -0.381. The zero-order valence-corrected chi connectivity index (χ0v) is 9.29. The summed E-state index contributed by atoms with van der Waals surface area (Å²) in [5, 5.41) is 0. The molecule has 13 heavy (non-hydrogen) atoms. The van der Waals surface area contributed by atoms with Crippen molar-refractivity contribution in [3.05, 3.63) is 34.1 Å². The lowest BCUT2D eigenvalue weighted by atomic mass is 10.1. The van der Waals surface area contributed by atoms with Gasteiger partial charge in [-0.05, 0) is 31.0 Å². The Hall–Kier alpha value is -0.120. The van der Waals surface area contributed by atoms with E-state index in [-0.39, 0.29) is 23.8 Å². The first-order valence-electron chi connectivity index (χ1n) is 3.86. The second-order valence-electron chi connectivity index (χ2n) is 3.28. The van der Waals surface area contributed by atoms with Crippen LogP contribution in [0.25, 0.3) is 0 Å². The Kier molecular flexibility index (Phi) is 3.00. The van der Waals surface area contributed by atoms with Gasteiger partial charge in [-0.2, -0.15) is 0 Å². The van der Waals surface area contributed by atoms with Crippen LogP contribution in [0.2, 0.25) is 0 Å². The van der Waals surface area contributed by atoms with Gasteiger partial charge in [0.15, 0.2) is 0 Å². The van der Waals surface area contributed by atoms with Gasteiger partial charge in [0.1, 0.15) is 5.82 Å². The number of hydrogen-bond acceptors (Lipinski definition) is 1. The van der Waals surface area contributed by atoms with Crippen molar-refractivity contribution in [3.63, 3.8) is 0 Å². The Balaban J connectivity index is 0.000000845. The maximum Gasteiger partial charge on any atom is 0.128 e. The summed E-state index contributed by atoms with van der Waals surface area (Å²) in [7, 11) is 0. The maximum absolute atomic E-state index is 13.2. The van der Waals surface area contributed by atoms with Crippen molar-refractivity contribution in [2.45, 2.75) is 18.4 Å². The highest BCUT2D eigenvalue weighted by Gasteiger charge is 2.41. The predicted molar refractivity (Wildman–Crippen MR) is 56.4 cm³/mol. The Labute approximate surface area is 91.0 Å². The molecule has 0 atom stereocenters. The molecule has 0 bridgehead atoms. The number of benzene rings is 1. The third-order valence-corrected chi connectivity index (χ3v) is 2.75. The molecule has 0 saturated heterocycles. The molecule has 2 N–H and O–H groups in total. The largest absolute Gasteiger partial charge is 0.321 e. The van der Waals surface area contributed by atoms with Crippen molar-refractivity contribution in [3.8, 4) is 0 Å². The molecule has 2 rings (SSSR count). The zero-order chi connectivity index (χ0) is 8.77. The molecule has 4 heteroatoms. The van der Waals surface area contributed by atoms with Gasteiger partial charge in [0.2, 0.25) is 0 Å². The summed E-state index contributed by atoms with van der Waals surface area (Å²) in [6.07, 6.45) is 1.78. The molecule has 0 heterocycles. The standard InChI is InChI=1S/C9H9BrFN.ClH/c10-6-1-2-8(11)7(5-6)9(12)3-4-9;/h1-2,5H,3-4,12H2;1H. The second kappa shape index (κ2) is 3.56. The molecule has 1 aromatic rings. The average Bonchev–Trinajstić information content (AvgIpc) is 2.75. The van der Waals surface area contributed by atoms with E-state index in [0.717, 1.165) is 17.3 Å². The van der Waals surface area contributed by atoms with Crippen LogP contribution in [-0.2, 0) is 5.54 Å². The minimum absolute atomic E-state index is 0. The Bertz CT molecular complexity index is 325. The lowest BCUT2D eigenvalue weighted by Crippen LogP contribution is -2.20. The van der Waals surface area contributed by atoms with Crippen LogP contribution < -0.4 is 5.73 Å². The van der Waals surface area contributed by atoms with E-state index in [1.54, 1.807) is 12.1 Å². The van der Waals surface area contributed by atoms with Crippen molar-refractivity contribution >= 4 is 28.3 Å². The molecule has 1 saturated carbocycles. The summed E-state index contributed by atoms with van der Waals surface area (Å²) in [4.78, 5) is 0. The van der Waals surface area contributed by atoms with Gasteiger partial charge in [-0.1, -0.05) is 15.9 Å². The summed E-state index contributed by atoms with van der Waals surface area (Å²) in [6, 6.07) is 4.90. The van der Waals surface area contributed by atoms with Crippen LogP contribution in [0.4, 0.5) is 4.39 Å². The van der Waals surface area contributed by atoms with Gasteiger partial charge in [0.05, 0.1) is 0 Å². The third-order valence-electron chi connectivity index (χ3n) is 2.25. The van der Waals surface area contributed by atoms with Crippen LogP contribution >= 0.6 is 28.3 Å². The molecule has 1 aliphatic rings. The molecular weight excluding hydrogens is 256 g/mol. The minimum Gasteiger partial charge on any atom is -0.321 e. The maximum atomic E-state index is 13.2. The van der Waals surface area contributed by atoms with Crippen molar-refractivity contribution in [1.82, 2.24) is 0 Å². The Morgan fingerprint density at radius 2 is 2.00 bits per heavy atom. The van der Waals surface area contributed by atoms with Crippen molar-refractivity contribution in [2.24, 2.45) is 5.73 Å². The summed E-state index contributed by atoms with van der Waals surface area (Å²) in [5.41, 5.74) is 6.13. The van der Waals surface area contributed by atoms with Crippen LogP contribution in [0.1, 0.15) is 18.4 Å². The highest BCUT2D eigenvalue weighted by atomic mass is 79.9. The summed E-state index contributed by atoms with van der Waals surface area (Å²) in [6.45, 7) is 0. The quantitative estimate of drug-likeness (QED) is 0.831. The van der Waals surface area contributed by atoms with E-state index in [0.29, 0.717) is 5.56 Å². The van der Waals surface area contributed by atoms with Crippen molar-refractivity contribution < 1.29 is 4.39 Å². The molecule has 0 radical (unpaired) electrons. The molecule has 72 valence electrons. The first-order chi connectivity index (χ1) is 5.62. The van der Waals surface area contributed by atoms with Crippen LogP contribution in [0.5, 0.6) is 0 Å². The molecule has 0 aliphatic heterocycles.